The summed E-state index contributed by atoms with van der Waals surface area (Å²) in [6.07, 6.45) is 3.52. The Labute approximate surface area is 119 Å². The molecule has 2 rings (SSSR count). The highest BCUT2D eigenvalue weighted by molar-refractivity contribution is 9.10. The van der Waals surface area contributed by atoms with Crippen molar-refractivity contribution in [3.63, 3.8) is 0 Å². The lowest BCUT2D eigenvalue weighted by Crippen LogP contribution is -2.09. The normalized spacial score (nSPS) is 10.3. The third-order valence-corrected chi connectivity index (χ3v) is 3.25. The second kappa shape index (κ2) is 5.49. The van der Waals surface area contributed by atoms with Gasteiger partial charge in [-0.25, -0.2) is 0 Å². The molecule has 1 aromatic heterocycles. The molecule has 4 nitrogen and oxygen atoms in total. The number of aryl methyl sites for hydroxylation is 1. The molecule has 2 N–H and O–H groups in total. The first kappa shape index (κ1) is 13.0. The average molecular weight is 326 g/mol. The van der Waals surface area contributed by atoms with Crippen LogP contribution in [0.15, 0.2) is 35.1 Å². The van der Waals surface area contributed by atoms with Crippen LogP contribution in [0.1, 0.15) is 12.5 Å². The number of nitrogens with zero attached hydrogens (tertiary/aromatic N) is 2. The van der Waals surface area contributed by atoms with Gasteiger partial charge in [0, 0.05) is 16.6 Å². The molecule has 0 unspecified atom stereocenters. The number of rotatable bonds is 4. The summed E-state index contributed by atoms with van der Waals surface area (Å²) in [5.74, 6) is 1.41. The zero-order valence-electron chi connectivity index (χ0n) is 9.76. The number of benzene rings is 1. The first-order valence-electron chi connectivity index (χ1n) is 5.40. The van der Waals surface area contributed by atoms with Crippen LogP contribution in [0.25, 0.3) is 0 Å². The van der Waals surface area contributed by atoms with Gasteiger partial charge in [0.1, 0.15) is 10.7 Å². The van der Waals surface area contributed by atoms with Crippen molar-refractivity contribution in [1.82, 2.24) is 9.78 Å². The fraction of sp³-hybridized carbons (Fsp3) is 0.167. The van der Waals surface area contributed by atoms with Crippen molar-refractivity contribution in [1.29, 1.82) is 0 Å². The molecule has 0 radical (unpaired) electrons. The number of thiocarbonyl (C=S) groups is 1. The predicted molar refractivity (Wildman–Crippen MR) is 78.0 cm³/mol. The Morgan fingerprint density at radius 3 is 2.83 bits per heavy atom. The van der Waals surface area contributed by atoms with Gasteiger partial charge in [-0.3, -0.25) is 4.68 Å². The summed E-state index contributed by atoms with van der Waals surface area (Å²) in [6.45, 7) is 2.83. The standard InChI is InChI=1S/C12H12BrN3OS/c1-2-16-7-9(6-15-16)17-8-3-4-10(12(14)18)11(13)5-8/h3-7H,2H2,1H3,(H2,14,18). The maximum Gasteiger partial charge on any atom is 0.165 e. The van der Waals surface area contributed by atoms with Crippen LogP contribution in [0.3, 0.4) is 0 Å². The summed E-state index contributed by atoms with van der Waals surface area (Å²) in [6, 6.07) is 5.48. The van der Waals surface area contributed by atoms with Gasteiger partial charge in [-0.15, -0.1) is 0 Å². The van der Waals surface area contributed by atoms with Gasteiger partial charge in [0.15, 0.2) is 5.75 Å². The molecule has 0 atom stereocenters. The van der Waals surface area contributed by atoms with Crippen molar-refractivity contribution >= 4 is 33.1 Å². The molecule has 0 fully saturated rings. The van der Waals surface area contributed by atoms with Gasteiger partial charge in [0.05, 0.1) is 12.4 Å². The van der Waals surface area contributed by atoms with Crippen LogP contribution in [0.4, 0.5) is 0 Å². The van der Waals surface area contributed by atoms with Crippen molar-refractivity contribution in [2.45, 2.75) is 13.5 Å². The van der Waals surface area contributed by atoms with E-state index in [-0.39, 0.29) is 0 Å². The van der Waals surface area contributed by atoms with Crippen LogP contribution in [0.2, 0.25) is 0 Å². The van der Waals surface area contributed by atoms with E-state index in [4.69, 9.17) is 22.7 Å². The van der Waals surface area contributed by atoms with E-state index in [1.165, 1.54) is 0 Å². The number of halogens is 1. The van der Waals surface area contributed by atoms with Gasteiger partial charge in [-0.1, -0.05) is 12.2 Å². The zero-order valence-corrected chi connectivity index (χ0v) is 12.2. The highest BCUT2D eigenvalue weighted by Gasteiger charge is 2.06. The van der Waals surface area contributed by atoms with Gasteiger partial charge >= 0.3 is 0 Å². The van der Waals surface area contributed by atoms with E-state index in [0.717, 1.165) is 16.6 Å². The van der Waals surface area contributed by atoms with E-state index in [1.807, 2.05) is 31.3 Å². The quantitative estimate of drug-likeness (QED) is 0.877. The molecule has 1 aromatic carbocycles. The molecule has 0 spiro atoms. The fourth-order valence-electron chi connectivity index (χ4n) is 1.47. The molecular weight excluding hydrogens is 314 g/mol. The second-order valence-electron chi connectivity index (χ2n) is 3.64. The molecule has 2 aromatic rings. The second-order valence-corrected chi connectivity index (χ2v) is 4.93. The summed E-state index contributed by atoms with van der Waals surface area (Å²) in [4.78, 5) is 0.354. The largest absolute Gasteiger partial charge is 0.454 e. The maximum absolute atomic E-state index is 5.68. The lowest BCUT2D eigenvalue weighted by molar-refractivity contribution is 0.481. The van der Waals surface area contributed by atoms with E-state index < -0.39 is 0 Å². The molecule has 0 aliphatic carbocycles. The first-order valence-corrected chi connectivity index (χ1v) is 6.60. The molecule has 0 saturated carbocycles. The van der Waals surface area contributed by atoms with Gasteiger partial charge in [0.2, 0.25) is 0 Å². The van der Waals surface area contributed by atoms with E-state index in [0.29, 0.717) is 16.5 Å². The van der Waals surface area contributed by atoms with Crippen LogP contribution in [0.5, 0.6) is 11.5 Å². The minimum atomic E-state index is 0.354. The average Bonchev–Trinajstić information content (AvgIpc) is 2.76. The van der Waals surface area contributed by atoms with E-state index in [1.54, 1.807) is 10.9 Å². The van der Waals surface area contributed by atoms with Crippen molar-refractivity contribution in [2.75, 3.05) is 0 Å². The van der Waals surface area contributed by atoms with Crippen LogP contribution >= 0.6 is 28.1 Å². The summed E-state index contributed by atoms with van der Waals surface area (Å²) in [5, 5.41) is 4.14. The first-order chi connectivity index (χ1) is 8.60. The van der Waals surface area contributed by atoms with Gasteiger partial charge in [-0.05, 0) is 41.1 Å². The van der Waals surface area contributed by atoms with Crippen LogP contribution in [-0.2, 0) is 6.54 Å². The zero-order chi connectivity index (χ0) is 13.1. The predicted octanol–water partition coefficient (Wildman–Crippen LogP) is 3.09. The Bertz CT molecular complexity index is 582. The van der Waals surface area contributed by atoms with Crippen LogP contribution < -0.4 is 10.5 Å². The van der Waals surface area contributed by atoms with Gasteiger partial charge < -0.3 is 10.5 Å². The molecule has 0 aliphatic heterocycles. The highest BCUT2D eigenvalue weighted by Crippen LogP contribution is 2.26. The van der Waals surface area contributed by atoms with Gasteiger partial charge in [0.25, 0.3) is 0 Å². The molecule has 1 heterocycles. The maximum atomic E-state index is 5.68. The van der Waals surface area contributed by atoms with Crippen molar-refractivity contribution < 1.29 is 4.74 Å². The number of ether oxygens (including phenoxy) is 1. The van der Waals surface area contributed by atoms with E-state index >= 15 is 0 Å². The number of hydrogen-bond donors (Lipinski definition) is 1. The molecular formula is C12H12BrN3OS. The lowest BCUT2D eigenvalue weighted by atomic mass is 10.2. The van der Waals surface area contributed by atoms with E-state index in [9.17, 15) is 0 Å². The number of hydrogen-bond acceptors (Lipinski definition) is 3. The summed E-state index contributed by atoms with van der Waals surface area (Å²) < 4.78 is 8.29. The van der Waals surface area contributed by atoms with Crippen molar-refractivity contribution in [2.24, 2.45) is 5.73 Å². The van der Waals surface area contributed by atoms with E-state index in [2.05, 4.69) is 21.0 Å². The molecule has 0 saturated heterocycles. The van der Waals surface area contributed by atoms with Gasteiger partial charge in [-0.2, -0.15) is 5.10 Å². The van der Waals surface area contributed by atoms with Crippen LogP contribution in [0, 0.1) is 0 Å². The summed E-state index contributed by atoms with van der Waals surface area (Å²) >= 11 is 8.35. The molecule has 0 bridgehead atoms. The molecule has 0 aliphatic rings. The Morgan fingerprint density at radius 2 is 2.28 bits per heavy atom. The summed E-state index contributed by atoms with van der Waals surface area (Å²) in [5.41, 5.74) is 6.38. The summed E-state index contributed by atoms with van der Waals surface area (Å²) in [7, 11) is 0. The highest BCUT2D eigenvalue weighted by atomic mass is 79.9. The SMILES string of the molecule is CCn1cc(Oc2ccc(C(N)=S)c(Br)c2)cn1. The molecule has 18 heavy (non-hydrogen) atoms. The molecule has 6 heteroatoms. The molecule has 0 amide bonds. The Hall–Kier alpha value is -1.40. The monoisotopic (exact) mass is 325 g/mol. The number of nitrogens with two attached hydrogens (primary N) is 1. The lowest BCUT2D eigenvalue weighted by Gasteiger charge is -2.06. The Balaban J connectivity index is 2.19. The fourth-order valence-corrected chi connectivity index (χ4v) is 2.35. The molecule has 94 valence electrons. The Kier molecular flexibility index (Phi) is 3.98. The van der Waals surface area contributed by atoms with Crippen molar-refractivity contribution in [3.05, 3.63) is 40.6 Å². The van der Waals surface area contributed by atoms with Crippen LogP contribution in [-0.4, -0.2) is 14.8 Å². The number of aromatic nitrogens is 2. The smallest absolute Gasteiger partial charge is 0.165 e. The minimum absolute atomic E-state index is 0.354. The third-order valence-electron chi connectivity index (χ3n) is 2.38. The minimum Gasteiger partial charge on any atom is -0.454 e. The topological polar surface area (TPSA) is 53.1 Å². The Morgan fingerprint density at radius 1 is 1.50 bits per heavy atom. The third kappa shape index (κ3) is 2.88. The van der Waals surface area contributed by atoms with Crippen molar-refractivity contribution in [3.8, 4) is 11.5 Å².